The second-order valence-electron chi connectivity index (χ2n) is 8.83. The average Bonchev–Trinajstić information content (AvgIpc) is 3.20. The summed E-state index contributed by atoms with van der Waals surface area (Å²) in [5.74, 6) is 0.338. The van der Waals surface area contributed by atoms with Crippen molar-refractivity contribution in [3.63, 3.8) is 0 Å². The molecule has 174 valence electrons. The molecule has 2 atom stereocenters. The fourth-order valence-electron chi connectivity index (χ4n) is 4.63. The van der Waals surface area contributed by atoms with E-state index in [1.807, 2.05) is 67.6 Å². The average molecular weight is 457 g/mol. The molecular formula is C27H28N4O3. The van der Waals surface area contributed by atoms with E-state index in [1.54, 1.807) is 12.1 Å². The van der Waals surface area contributed by atoms with Crippen molar-refractivity contribution < 1.29 is 14.3 Å². The van der Waals surface area contributed by atoms with Crippen LogP contribution in [0.1, 0.15) is 38.7 Å². The van der Waals surface area contributed by atoms with Crippen molar-refractivity contribution in [1.29, 1.82) is 0 Å². The molecule has 0 aliphatic carbocycles. The van der Waals surface area contributed by atoms with Crippen LogP contribution in [0.15, 0.2) is 60.7 Å². The maximum absolute atomic E-state index is 13.2. The molecule has 0 aromatic heterocycles. The lowest BCUT2D eigenvalue weighted by molar-refractivity contribution is -0.120. The topological polar surface area (TPSA) is 82.7 Å². The molecular weight excluding hydrogens is 428 g/mol. The zero-order chi connectivity index (χ0) is 23.8. The quantitative estimate of drug-likeness (QED) is 0.543. The van der Waals surface area contributed by atoms with E-state index in [-0.39, 0.29) is 23.8 Å². The summed E-state index contributed by atoms with van der Waals surface area (Å²) in [6.45, 7) is 5.00. The summed E-state index contributed by atoms with van der Waals surface area (Å²) < 4.78 is 5.37. The number of carbonyl (C=O) groups is 2. The lowest BCUT2D eigenvalue weighted by Crippen LogP contribution is -2.35. The molecule has 1 fully saturated rings. The van der Waals surface area contributed by atoms with Gasteiger partial charge in [-0.3, -0.25) is 9.59 Å². The van der Waals surface area contributed by atoms with E-state index in [0.29, 0.717) is 18.7 Å². The minimum absolute atomic E-state index is 0.0254. The number of fused-ring (bicyclic) bond motifs is 3. The summed E-state index contributed by atoms with van der Waals surface area (Å²) in [5.41, 5.74) is 9.85. The van der Waals surface area contributed by atoms with Gasteiger partial charge in [-0.25, -0.2) is 10.4 Å². The highest BCUT2D eigenvalue weighted by Gasteiger charge is 2.44. The minimum Gasteiger partial charge on any atom is -0.496 e. The number of nitrogens with zero attached hydrogens (tertiary/aromatic N) is 1. The number of benzene rings is 3. The van der Waals surface area contributed by atoms with Crippen LogP contribution in [0.3, 0.4) is 0 Å². The van der Waals surface area contributed by atoms with Crippen LogP contribution >= 0.6 is 0 Å². The van der Waals surface area contributed by atoms with Crippen LogP contribution in [0.4, 0.5) is 11.4 Å². The van der Waals surface area contributed by atoms with Crippen LogP contribution in [0.2, 0.25) is 0 Å². The highest BCUT2D eigenvalue weighted by atomic mass is 16.5. The van der Waals surface area contributed by atoms with Crippen molar-refractivity contribution in [3.05, 3.63) is 88.5 Å². The van der Waals surface area contributed by atoms with Crippen molar-refractivity contribution in [1.82, 2.24) is 10.7 Å². The molecule has 1 saturated heterocycles. The van der Waals surface area contributed by atoms with Gasteiger partial charge in [0.05, 0.1) is 24.8 Å². The molecule has 2 unspecified atom stereocenters. The zero-order valence-electron chi connectivity index (χ0n) is 19.5. The van der Waals surface area contributed by atoms with Crippen molar-refractivity contribution in [2.24, 2.45) is 5.92 Å². The van der Waals surface area contributed by atoms with E-state index in [0.717, 1.165) is 33.8 Å². The maximum Gasteiger partial charge on any atom is 0.251 e. The van der Waals surface area contributed by atoms with Gasteiger partial charge in [-0.1, -0.05) is 24.3 Å². The molecule has 7 heteroatoms. The lowest BCUT2D eigenvalue weighted by Gasteiger charge is -2.27. The first-order chi connectivity index (χ1) is 16.5. The first kappa shape index (κ1) is 22.0. The Morgan fingerprint density at radius 2 is 1.91 bits per heavy atom. The third-order valence-corrected chi connectivity index (χ3v) is 6.75. The lowest BCUT2D eigenvalue weighted by atomic mass is 9.88. The predicted octanol–water partition coefficient (Wildman–Crippen LogP) is 3.88. The summed E-state index contributed by atoms with van der Waals surface area (Å²) in [7, 11) is 1.62. The number of nitrogens with one attached hydrogen (secondary N) is 3. The highest BCUT2D eigenvalue weighted by Crippen LogP contribution is 2.40. The standard InChI is InChI=1S/C27H28N4O3/c1-16-8-10-20(12-17(16)2)31-27(33)22-15-28-23-11-9-18(13-21(23)25(22)30-31)26(32)29-14-19-6-4-5-7-24(19)34-3/h4-13,22,25,28,30H,14-15H2,1-3H3,(H,29,32). The van der Waals surface area contributed by atoms with Gasteiger partial charge in [-0.15, -0.1) is 0 Å². The maximum atomic E-state index is 13.2. The summed E-state index contributed by atoms with van der Waals surface area (Å²) >= 11 is 0. The summed E-state index contributed by atoms with van der Waals surface area (Å²) in [5, 5.41) is 7.98. The van der Waals surface area contributed by atoms with E-state index in [2.05, 4.69) is 23.0 Å². The largest absolute Gasteiger partial charge is 0.496 e. The number of aryl methyl sites for hydroxylation is 2. The number of carbonyl (C=O) groups excluding carboxylic acids is 2. The first-order valence-electron chi connectivity index (χ1n) is 11.4. The summed E-state index contributed by atoms with van der Waals surface area (Å²) in [6.07, 6.45) is 0. The van der Waals surface area contributed by atoms with Crippen LogP contribution in [0.25, 0.3) is 0 Å². The smallest absolute Gasteiger partial charge is 0.251 e. The summed E-state index contributed by atoms with van der Waals surface area (Å²) in [6, 6.07) is 19.0. The Morgan fingerprint density at radius 3 is 2.71 bits per heavy atom. The molecule has 2 aliphatic rings. The second kappa shape index (κ2) is 8.83. The van der Waals surface area contributed by atoms with Crippen molar-refractivity contribution in [3.8, 4) is 5.75 Å². The number of rotatable bonds is 5. The molecule has 2 heterocycles. The van der Waals surface area contributed by atoms with Crippen LogP contribution < -0.4 is 25.8 Å². The Bertz CT molecular complexity index is 1270. The molecule has 34 heavy (non-hydrogen) atoms. The van der Waals surface area contributed by atoms with Gasteiger partial charge < -0.3 is 15.4 Å². The normalized spacial score (nSPS) is 18.7. The zero-order valence-corrected chi connectivity index (χ0v) is 19.5. The summed E-state index contributed by atoms with van der Waals surface area (Å²) in [4.78, 5) is 26.2. The van der Waals surface area contributed by atoms with Crippen LogP contribution in [-0.4, -0.2) is 25.5 Å². The van der Waals surface area contributed by atoms with Gasteiger partial charge in [0.1, 0.15) is 5.75 Å². The number of anilines is 2. The molecule has 0 bridgehead atoms. The van der Waals surface area contributed by atoms with E-state index < -0.39 is 0 Å². The highest BCUT2D eigenvalue weighted by molar-refractivity contribution is 5.99. The number of hydrogen-bond acceptors (Lipinski definition) is 5. The van der Waals surface area contributed by atoms with Crippen LogP contribution in [0.5, 0.6) is 5.75 Å². The van der Waals surface area contributed by atoms with Gasteiger partial charge in [-0.2, -0.15) is 0 Å². The molecule has 2 aliphatic heterocycles. The third-order valence-electron chi connectivity index (χ3n) is 6.75. The molecule has 7 nitrogen and oxygen atoms in total. The van der Waals surface area contributed by atoms with Gasteiger partial charge in [-0.05, 0) is 66.9 Å². The van der Waals surface area contributed by atoms with Gasteiger partial charge >= 0.3 is 0 Å². The Hall–Kier alpha value is -3.84. The Balaban J connectivity index is 1.37. The molecule has 0 saturated carbocycles. The number of amides is 2. The molecule has 0 spiro atoms. The fourth-order valence-corrected chi connectivity index (χ4v) is 4.63. The predicted molar refractivity (Wildman–Crippen MR) is 132 cm³/mol. The molecule has 3 aromatic rings. The van der Waals surface area contributed by atoms with E-state index in [4.69, 9.17) is 4.74 Å². The number of hydrogen-bond donors (Lipinski definition) is 3. The molecule has 2 amide bonds. The molecule has 3 aromatic carbocycles. The van der Waals surface area contributed by atoms with Gasteiger partial charge in [0.15, 0.2) is 0 Å². The Labute approximate surface area is 199 Å². The number of hydrazine groups is 1. The third kappa shape index (κ3) is 3.88. The number of ether oxygens (including phenoxy) is 1. The molecule has 0 radical (unpaired) electrons. The van der Waals surface area contributed by atoms with Crippen LogP contribution in [-0.2, 0) is 11.3 Å². The van der Waals surface area contributed by atoms with E-state index in [9.17, 15) is 9.59 Å². The first-order valence-corrected chi connectivity index (χ1v) is 11.4. The number of methoxy groups -OCH3 is 1. The van der Waals surface area contributed by atoms with Gasteiger partial charge in [0, 0.05) is 29.9 Å². The van der Waals surface area contributed by atoms with Crippen molar-refractivity contribution >= 4 is 23.2 Å². The van der Waals surface area contributed by atoms with Gasteiger partial charge in [0.2, 0.25) is 5.91 Å². The van der Waals surface area contributed by atoms with Gasteiger partial charge in [0.25, 0.3) is 5.91 Å². The SMILES string of the molecule is COc1ccccc1CNC(=O)c1ccc2c(c1)C1NN(c3ccc(C)c(C)c3)C(=O)C1CN2. The van der Waals surface area contributed by atoms with Crippen molar-refractivity contribution in [2.45, 2.75) is 26.4 Å². The second-order valence-corrected chi connectivity index (χ2v) is 8.83. The molecule has 5 rings (SSSR count). The minimum atomic E-state index is -0.249. The Morgan fingerprint density at radius 1 is 1.09 bits per heavy atom. The molecule has 3 N–H and O–H groups in total. The monoisotopic (exact) mass is 456 g/mol. The Kier molecular flexibility index (Phi) is 5.71. The van der Waals surface area contributed by atoms with Crippen LogP contribution in [0, 0.1) is 19.8 Å². The van der Waals surface area contributed by atoms with E-state index >= 15 is 0 Å². The van der Waals surface area contributed by atoms with E-state index in [1.165, 1.54) is 5.56 Å². The fraction of sp³-hybridized carbons (Fsp3) is 0.259. The van der Waals surface area contributed by atoms with Crippen molar-refractivity contribution in [2.75, 3.05) is 24.0 Å². The number of para-hydroxylation sites is 1.